The van der Waals surface area contributed by atoms with Crippen LogP contribution in [0.3, 0.4) is 0 Å². The van der Waals surface area contributed by atoms with Crippen LogP contribution in [0.2, 0.25) is 0 Å². The second-order valence-corrected chi connectivity index (χ2v) is 8.72. The second kappa shape index (κ2) is 6.51. The summed E-state index contributed by atoms with van der Waals surface area (Å²) in [6, 6.07) is 13.0. The molecular formula is C21H25IN2. The van der Waals surface area contributed by atoms with E-state index in [-0.39, 0.29) is 5.54 Å². The Morgan fingerprint density at radius 3 is 2.54 bits per heavy atom. The minimum atomic E-state index is 0.204. The quantitative estimate of drug-likeness (QED) is 0.415. The number of nitrogens with zero attached hydrogens (tertiary/aromatic N) is 2. The third-order valence-electron chi connectivity index (χ3n) is 5.20. The molecule has 0 aromatic heterocycles. The molecule has 2 aromatic rings. The summed E-state index contributed by atoms with van der Waals surface area (Å²) in [5.41, 5.74) is 6.50. The zero-order valence-corrected chi connectivity index (χ0v) is 17.3. The maximum absolute atomic E-state index is 4.66. The Balaban J connectivity index is 1.97. The third-order valence-corrected chi connectivity index (χ3v) is 5.92. The summed E-state index contributed by atoms with van der Waals surface area (Å²) < 4.78 is 1.23. The van der Waals surface area contributed by atoms with Crippen LogP contribution in [-0.4, -0.2) is 18.8 Å². The molecule has 1 heterocycles. The molecule has 0 saturated carbocycles. The lowest BCUT2D eigenvalue weighted by Gasteiger charge is -2.45. The molecule has 24 heavy (non-hydrogen) atoms. The van der Waals surface area contributed by atoms with Crippen molar-refractivity contribution in [1.29, 1.82) is 0 Å². The highest BCUT2D eigenvalue weighted by molar-refractivity contribution is 14.1. The fraction of sp³-hybridized carbons (Fsp3) is 0.381. The van der Waals surface area contributed by atoms with E-state index in [1.54, 1.807) is 0 Å². The normalized spacial score (nSPS) is 19.6. The third kappa shape index (κ3) is 3.37. The number of halogens is 1. The summed E-state index contributed by atoms with van der Waals surface area (Å²) in [6.07, 6.45) is 3.18. The molecule has 1 atom stereocenters. The molecule has 0 aliphatic carbocycles. The van der Waals surface area contributed by atoms with Crippen LogP contribution in [0.5, 0.6) is 0 Å². The number of hydrogen-bond acceptors (Lipinski definition) is 2. The molecule has 0 saturated heterocycles. The average molecular weight is 432 g/mol. The first-order valence-corrected chi connectivity index (χ1v) is 9.54. The first kappa shape index (κ1) is 17.5. The van der Waals surface area contributed by atoms with Gasteiger partial charge in [-0.15, -0.1) is 0 Å². The molecule has 0 bridgehead atoms. The summed E-state index contributed by atoms with van der Waals surface area (Å²) in [5, 5.41) is 0. The summed E-state index contributed by atoms with van der Waals surface area (Å²) in [4.78, 5) is 7.08. The fourth-order valence-electron chi connectivity index (χ4n) is 3.54. The van der Waals surface area contributed by atoms with Crippen LogP contribution < -0.4 is 4.90 Å². The van der Waals surface area contributed by atoms with Gasteiger partial charge in [-0.25, -0.2) is 0 Å². The van der Waals surface area contributed by atoms with Crippen LogP contribution in [0.25, 0.3) is 0 Å². The van der Waals surface area contributed by atoms with Crippen LogP contribution in [0, 0.1) is 10.5 Å². The lowest BCUT2D eigenvalue weighted by atomic mass is 9.79. The number of fused-ring (bicyclic) bond motifs is 1. The average Bonchev–Trinajstić information content (AvgIpc) is 2.52. The monoisotopic (exact) mass is 432 g/mol. The number of hydrogen-bond donors (Lipinski definition) is 0. The Morgan fingerprint density at radius 2 is 1.88 bits per heavy atom. The van der Waals surface area contributed by atoms with Crippen LogP contribution in [0.15, 0.2) is 41.4 Å². The number of aliphatic imine (C=N–C) groups is 1. The van der Waals surface area contributed by atoms with Crippen molar-refractivity contribution >= 4 is 40.2 Å². The van der Waals surface area contributed by atoms with Crippen LogP contribution in [0.4, 0.5) is 11.4 Å². The predicted molar refractivity (Wildman–Crippen MR) is 113 cm³/mol. The van der Waals surface area contributed by atoms with Crippen LogP contribution >= 0.6 is 22.6 Å². The molecule has 3 heteroatoms. The van der Waals surface area contributed by atoms with Crippen molar-refractivity contribution in [2.75, 3.05) is 11.9 Å². The Labute approximate surface area is 159 Å². The lowest BCUT2D eigenvalue weighted by molar-refractivity contribution is 0.395. The standard InChI is InChI=1S/C21H25IN2/c1-14-10-20-19(15(2)12-21(3,4)24(20)5)11-16(14)13-23-18-8-6-17(22)7-9-18/h6-11,13,15H,12H2,1-5H3. The first-order chi connectivity index (χ1) is 11.3. The fourth-order valence-corrected chi connectivity index (χ4v) is 3.90. The minimum Gasteiger partial charge on any atom is -0.369 e. The molecule has 1 unspecified atom stereocenters. The highest BCUT2D eigenvalue weighted by Gasteiger charge is 2.34. The van der Waals surface area contributed by atoms with Gasteiger partial charge in [0, 0.05) is 28.1 Å². The Morgan fingerprint density at radius 1 is 1.21 bits per heavy atom. The van der Waals surface area contributed by atoms with E-state index < -0.39 is 0 Å². The van der Waals surface area contributed by atoms with Gasteiger partial charge in [-0.1, -0.05) is 6.92 Å². The van der Waals surface area contributed by atoms with Gasteiger partial charge in [-0.3, -0.25) is 4.99 Å². The van der Waals surface area contributed by atoms with Gasteiger partial charge in [-0.2, -0.15) is 0 Å². The van der Waals surface area contributed by atoms with Crippen molar-refractivity contribution < 1.29 is 0 Å². The van der Waals surface area contributed by atoms with Crippen molar-refractivity contribution in [2.45, 2.75) is 45.6 Å². The van der Waals surface area contributed by atoms with Gasteiger partial charge in [0.2, 0.25) is 0 Å². The van der Waals surface area contributed by atoms with Gasteiger partial charge in [0.25, 0.3) is 0 Å². The molecule has 0 fully saturated rings. The lowest BCUT2D eigenvalue weighted by Crippen LogP contribution is -2.45. The molecular weight excluding hydrogens is 407 g/mol. The van der Waals surface area contributed by atoms with E-state index >= 15 is 0 Å². The number of benzene rings is 2. The van der Waals surface area contributed by atoms with Crippen molar-refractivity contribution in [2.24, 2.45) is 4.99 Å². The second-order valence-electron chi connectivity index (χ2n) is 7.48. The maximum Gasteiger partial charge on any atom is 0.0630 e. The molecule has 0 N–H and O–H groups in total. The van der Waals surface area contributed by atoms with E-state index in [2.05, 4.69) is 104 Å². The maximum atomic E-state index is 4.66. The summed E-state index contributed by atoms with van der Waals surface area (Å²) >= 11 is 2.32. The van der Waals surface area contributed by atoms with Gasteiger partial charge in [0.05, 0.1) is 5.69 Å². The largest absolute Gasteiger partial charge is 0.369 e. The highest BCUT2D eigenvalue weighted by Crippen LogP contribution is 2.43. The molecule has 2 nitrogen and oxygen atoms in total. The molecule has 126 valence electrons. The van der Waals surface area contributed by atoms with Crippen LogP contribution in [0.1, 0.15) is 49.8 Å². The zero-order valence-electron chi connectivity index (χ0n) is 15.1. The van der Waals surface area contributed by atoms with E-state index in [1.165, 1.54) is 32.4 Å². The highest BCUT2D eigenvalue weighted by atomic mass is 127. The van der Waals surface area contributed by atoms with Gasteiger partial charge < -0.3 is 4.90 Å². The van der Waals surface area contributed by atoms with Crippen LogP contribution in [-0.2, 0) is 0 Å². The number of rotatable bonds is 2. The van der Waals surface area contributed by atoms with Gasteiger partial charge in [0.1, 0.15) is 0 Å². The predicted octanol–water partition coefficient (Wildman–Crippen LogP) is 6.07. The summed E-state index contributed by atoms with van der Waals surface area (Å²) in [7, 11) is 2.21. The van der Waals surface area contributed by atoms with Crippen molar-refractivity contribution in [3.05, 3.63) is 56.7 Å². The van der Waals surface area contributed by atoms with E-state index in [9.17, 15) is 0 Å². The summed E-state index contributed by atoms with van der Waals surface area (Å²) in [5.74, 6) is 0.567. The van der Waals surface area contributed by atoms with E-state index in [0.29, 0.717) is 5.92 Å². The Kier molecular flexibility index (Phi) is 4.73. The minimum absolute atomic E-state index is 0.204. The van der Waals surface area contributed by atoms with Crippen molar-refractivity contribution in [1.82, 2.24) is 0 Å². The zero-order chi connectivity index (χ0) is 17.5. The molecule has 3 rings (SSSR count). The first-order valence-electron chi connectivity index (χ1n) is 8.46. The molecule has 1 aliphatic heterocycles. The van der Waals surface area contributed by atoms with E-state index in [0.717, 1.165) is 5.69 Å². The SMILES string of the molecule is Cc1cc2c(cc1C=Nc1ccc(I)cc1)C(C)CC(C)(C)N2C. The van der Waals surface area contributed by atoms with Crippen molar-refractivity contribution in [3.63, 3.8) is 0 Å². The van der Waals surface area contributed by atoms with Gasteiger partial charge >= 0.3 is 0 Å². The topological polar surface area (TPSA) is 15.6 Å². The molecule has 0 spiro atoms. The molecule has 0 radical (unpaired) electrons. The van der Waals surface area contributed by atoms with Gasteiger partial charge in [-0.05, 0) is 109 Å². The molecule has 2 aromatic carbocycles. The Hall–Kier alpha value is -1.36. The number of aryl methyl sites for hydroxylation is 1. The molecule has 0 amide bonds. The van der Waals surface area contributed by atoms with E-state index in [4.69, 9.17) is 0 Å². The Bertz CT molecular complexity index is 775. The summed E-state index contributed by atoms with van der Waals surface area (Å²) in [6.45, 7) is 9.17. The molecule has 1 aliphatic rings. The van der Waals surface area contributed by atoms with Crippen molar-refractivity contribution in [3.8, 4) is 0 Å². The van der Waals surface area contributed by atoms with E-state index in [1.807, 2.05) is 6.21 Å². The van der Waals surface area contributed by atoms with Gasteiger partial charge in [0.15, 0.2) is 0 Å². The smallest absolute Gasteiger partial charge is 0.0630 e. The number of anilines is 1.